The van der Waals surface area contributed by atoms with Crippen molar-refractivity contribution < 1.29 is 9.47 Å². The minimum absolute atomic E-state index is 0. The second-order valence-electron chi connectivity index (χ2n) is 5.75. The Balaban J connectivity index is 0.00000261. The van der Waals surface area contributed by atoms with Crippen LogP contribution in [0, 0.1) is 6.92 Å². The maximum Gasteiger partial charge on any atom is 0.195 e. The van der Waals surface area contributed by atoms with Crippen molar-refractivity contribution in [1.82, 2.24) is 14.7 Å². The number of halogens is 1. The molecule has 7 nitrogen and oxygen atoms in total. The molecule has 0 aliphatic heterocycles. The Labute approximate surface area is 175 Å². The molecule has 1 aromatic carbocycles. The number of ether oxygens (including phenoxy) is 2. The summed E-state index contributed by atoms with van der Waals surface area (Å²) in [6.07, 6.45) is 2.03. The van der Waals surface area contributed by atoms with E-state index in [1.807, 2.05) is 36.5 Å². The Morgan fingerprint density at radius 1 is 1.15 bits per heavy atom. The number of rotatable bonds is 5. The van der Waals surface area contributed by atoms with Crippen molar-refractivity contribution in [2.24, 2.45) is 4.99 Å². The molecular weight excluding hydrogens is 457 g/mol. The third kappa shape index (κ3) is 4.82. The third-order valence-corrected chi connectivity index (χ3v) is 4.05. The van der Waals surface area contributed by atoms with Crippen LogP contribution in [0.15, 0.2) is 47.6 Å². The van der Waals surface area contributed by atoms with Gasteiger partial charge < -0.3 is 24.5 Å². The first-order valence-corrected chi connectivity index (χ1v) is 8.28. The molecule has 27 heavy (non-hydrogen) atoms. The summed E-state index contributed by atoms with van der Waals surface area (Å²) in [6, 6.07) is 11.7. The fourth-order valence-corrected chi connectivity index (χ4v) is 2.69. The molecule has 0 saturated heterocycles. The summed E-state index contributed by atoms with van der Waals surface area (Å²) in [6.45, 7) is 2.62. The van der Waals surface area contributed by atoms with Gasteiger partial charge in [0.25, 0.3) is 0 Å². The average molecular weight is 481 g/mol. The van der Waals surface area contributed by atoms with E-state index in [-0.39, 0.29) is 24.0 Å². The van der Waals surface area contributed by atoms with Crippen molar-refractivity contribution in [3.63, 3.8) is 0 Å². The van der Waals surface area contributed by atoms with E-state index < -0.39 is 0 Å². The highest BCUT2D eigenvalue weighted by Crippen LogP contribution is 2.29. The smallest absolute Gasteiger partial charge is 0.195 e. The number of guanidine groups is 1. The highest BCUT2D eigenvalue weighted by molar-refractivity contribution is 14.0. The molecule has 2 N–H and O–H groups in total. The van der Waals surface area contributed by atoms with Crippen LogP contribution >= 0.6 is 24.0 Å². The maximum absolute atomic E-state index is 5.33. The number of fused-ring (bicyclic) bond motifs is 1. The van der Waals surface area contributed by atoms with Gasteiger partial charge in [0.2, 0.25) is 0 Å². The second kappa shape index (κ2) is 9.45. The van der Waals surface area contributed by atoms with Gasteiger partial charge in [0.1, 0.15) is 5.65 Å². The molecule has 2 aromatic heterocycles. The van der Waals surface area contributed by atoms with Crippen LogP contribution in [0.25, 0.3) is 5.65 Å². The molecule has 0 saturated carbocycles. The van der Waals surface area contributed by atoms with Gasteiger partial charge in [-0.25, -0.2) is 4.98 Å². The molecule has 0 amide bonds. The zero-order chi connectivity index (χ0) is 18.5. The van der Waals surface area contributed by atoms with E-state index in [1.165, 1.54) is 0 Å². The second-order valence-corrected chi connectivity index (χ2v) is 5.75. The van der Waals surface area contributed by atoms with Crippen molar-refractivity contribution >= 4 is 41.3 Å². The molecule has 3 aromatic rings. The number of benzene rings is 1. The lowest BCUT2D eigenvalue weighted by Crippen LogP contribution is -2.30. The largest absolute Gasteiger partial charge is 0.493 e. The Morgan fingerprint density at radius 2 is 1.93 bits per heavy atom. The van der Waals surface area contributed by atoms with Crippen LogP contribution in [-0.4, -0.2) is 36.6 Å². The van der Waals surface area contributed by atoms with Crippen molar-refractivity contribution in [1.29, 1.82) is 0 Å². The van der Waals surface area contributed by atoms with Gasteiger partial charge in [-0.2, -0.15) is 0 Å². The highest BCUT2D eigenvalue weighted by Gasteiger charge is 2.07. The zero-order valence-corrected chi connectivity index (χ0v) is 18.1. The standard InChI is InChI=1S/C19H23N5O2.HI/c1-13-6-5-7-18-22-15(12-24(13)18)11-21-19(20-2)23-14-8-9-16(25-3)17(10-14)26-4;/h5-10,12H,11H2,1-4H3,(H2,20,21,23);1H. The molecule has 0 fully saturated rings. The molecule has 0 unspecified atom stereocenters. The summed E-state index contributed by atoms with van der Waals surface area (Å²) >= 11 is 0. The van der Waals surface area contributed by atoms with Crippen LogP contribution in [0.4, 0.5) is 5.69 Å². The average Bonchev–Trinajstić information content (AvgIpc) is 3.09. The summed E-state index contributed by atoms with van der Waals surface area (Å²) < 4.78 is 12.7. The Bertz CT molecular complexity index is 939. The first-order valence-electron chi connectivity index (χ1n) is 8.28. The fourth-order valence-electron chi connectivity index (χ4n) is 2.69. The first-order chi connectivity index (χ1) is 12.6. The molecule has 0 bridgehead atoms. The molecule has 2 heterocycles. The van der Waals surface area contributed by atoms with E-state index in [0.717, 1.165) is 22.7 Å². The van der Waals surface area contributed by atoms with Gasteiger partial charge in [-0.15, -0.1) is 24.0 Å². The lowest BCUT2D eigenvalue weighted by atomic mass is 10.3. The lowest BCUT2D eigenvalue weighted by Gasteiger charge is -2.13. The van der Waals surface area contributed by atoms with Gasteiger partial charge in [0, 0.05) is 30.7 Å². The molecule has 144 valence electrons. The van der Waals surface area contributed by atoms with E-state index in [1.54, 1.807) is 21.3 Å². The van der Waals surface area contributed by atoms with Crippen molar-refractivity contribution in [3.05, 3.63) is 54.0 Å². The van der Waals surface area contributed by atoms with Crippen LogP contribution < -0.4 is 20.1 Å². The maximum atomic E-state index is 5.33. The molecule has 0 aliphatic rings. The summed E-state index contributed by atoms with van der Waals surface area (Å²) in [5.74, 6) is 1.98. The third-order valence-electron chi connectivity index (χ3n) is 4.05. The zero-order valence-electron chi connectivity index (χ0n) is 15.8. The van der Waals surface area contributed by atoms with Gasteiger partial charge in [-0.3, -0.25) is 4.99 Å². The van der Waals surface area contributed by atoms with E-state index in [0.29, 0.717) is 24.0 Å². The van der Waals surface area contributed by atoms with Gasteiger partial charge in [-0.1, -0.05) is 6.07 Å². The number of aliphatic imine (C=N–C) groups is 1. The number of aromatic nitrogens is 2. The number of imidazole rings is 1. The van der Waals surface area contributed by atoms with Gasteiger partial charge in [-0.05, 0) is 31.2 Å². The molecule has 0 atom stereocenters. The molecule has 8 heteroatoms. The highest BCUT2D eigenvalue weighted by atomic mass is 127. The van der Waals surface area contributed by atoms with E-state index >= 15 is 0 Å². The van der Waals surface area contributed by atoms with Gasteiger partial charge in [0.15, 0.2) is 17.5 Å². The number of anilines is 1. The number of hydrogen-bond acceptors (Lipinski definition) is 4. The fraction of sp³-hybridized carbons (Fsp3) is 0.263. The van der Waals surface area contributed by atoms with Crippen LogP contribution in [0.5, 0.6) is 11.5 Å². The van der Waals surface area contributed by atoms with Crippen LogP contribution in [-0.2, 0) is 6.54 Å². The van der Waals surface area contributed by atoms with Crippen molar-refractivity contribution in [3.8, 4) is 11.5 Å². The summed E-state index contributed by atoms with van der Waals surface area (Å²) in [4.78, 5) is 8.87. The summed E-state index contributed by atoms with van der Waals surface area (Å²) in [5.41, 5.74) is 3.87. The molecular formula is C19H24IN5O2. The Hall–Kier alpha value is -2.49. The van der Waals surface area contributed by atoms with Crippen LogP contribution in [0.1, 0.15) is 11.4 Å². The minimum atomic E-state index is 0. The van der Waals surface area contributed by atoms with Crippen LogP contribution in [0.3, 0.4) is 0 Å². The quantitative estimate of drug-likeness (QED) is 0.332. The SMILES string of the molecule is CN=C(NCc1cn2c(C)cccc2n1)Nc1ccc(OC)c(OC)c1.I. The van der Waals surface area contributed by atoms with Crippen molar-refractivity contribution in [2.75, 3.05) is 26.6 Å². The Kier molecular flexibility index (Phi) is 7.28. The predicted octanol–water partition coefficient (Wildman–Crippen LogP) is 3.47. The Morgan fingerprint density at radius 3 is 2.59 bits per heavy atom. The molecule has 3 rings (SSSR count). The predicted molar refractivity (Wildman–Crippen MR) is 119 cm³/mol. The topological polar surface area (TPSA) is 72.2 Å². The molecule has 0 aliphatic carbocycles. The van der Waals surface area contributed by atoms with Crippen LogP contribution in [0.2, 0.25) is 0 Å². The van der Waals surface area contributed by atoms with Gasteiger partial charge >= 0.3 is 0 Å². The monoisotopic (exact) mass is 481 g/mol. The minimum Gasteiger partial charge on any atom is -0.493 e. The van der Waals surface area contributed by atoms with E-state index in [2.05, 4.69) is 38.0 Å². The number of hydrogen-bond donors (Lipinski definition) is 2. The number of pyridine rings is 1. The first kappa shape index (κ1) is 20.8. The van der Waals surface area contributed by atoms with Crippen molar-refractivity contribution in [2.45, 2.75) is 13.5 Å². The number of nitrogens with one attached hydrogen (secondary N) is 2. The number of aryl methyl sites for hydroxylation is 1. The lowest BCUT2D eigenvalue weighted by molar-refractivity contribution is 0.355. The summed E-state index contributed by atoms with van der Waals surface area (Å²) in [7, 11) is 4.95. The molecule has 0 spiro atoms. The number of methoxy groups -OCH3 is 2. The summed E-state index contributed by atoms with van der Waals surface area (Å²) in [5, 5.41) is 6.51. The molecule has 0 radical (unpaired) electrons. The van der Waals surface area contributed by atoms with E-state index in [9.17, 15) is 0 Å². The number of nitrogens with zero attached hydrogens (tertiary/aromatic N) is 3. The van der Waals surface area contributed by atoms with E-state index in [4.69, 9.17) is 9.47 Å². The van der Waals surface area contributed by atoms with Gasteiger partial charge in [0.05, 0.1) is 26.5 Å². The normalized spacial score (nSPS) is 11.0.